The van der Waals surface area contributed by atoms with Crippen LogP contribution in [0.1, 0.15) is 24.7 Å². The number of aromatic nitrogens is 2. The third-order valence-corrected chi connectivity index (χ3v) is 2.12. The van der Waals surface area contributed by atoms with Gasteiger partial charge in [-0.15, -0.1) is 23.4 Å². The highest BCUT2D eigenvalue weighted by Crippen LogP contribution is 2.40. The Morgan fingerprint density at radius 1 is 1.43 bits per heavy atom. The molecular weight excluding hydrogens is 201 g/mol. The number of hydrogen-bond acceptors (Lipinski definition) is 4. The molecule has 1 aliphatic carbocycles. The van der Waals surface area contributed by atoms with Crippen LogP contribution in [0, 0.1) is 0 Å². The molecule has 0 bridgehead atoms. The maximum Gasteiger partial charge on any atom is 0.522 e. The van der Waals surface area contributed by atoms with E-state index in [-0.39, 0.29) is 18.8 Å². The number of halogens is 3. The second-order valence-electron chi connectivity index (χ2n) is 3.13. The molecule has 0 aromatic carbocycles. The van der Waals surface area contributed by atoms with Crippen molar-refractivity contribution < 1.29 is 22.3 Å². The second kappa shape index (κ2) is 3.23. The molecule has 1 aliphatic rings. The van der Waals surface area contributed by atoms with Crippen molar-refractivity contribution in [2.75, 3.05) is 0 Å². The summed E-state index contributed by atoms with van der Waals surface area (Å²) in [5.41, 5.74) is 0. The minimum absolute atomic E-state index is 0.0927. The summed E-state index contributed by atoms with van der Waals surface area (Å²) < 4.78 is 43.8. The lowest BCUT2D eigenvalue weighted by molar-refractivity contribution is -0.352. The van der Waals surface area contributed by atoms with Gasteiger partial charge in [-0.1, -0.05) is 0 Å². The Labute approximate surface area is 77.1 Å². The minimum Gasteiger partial charge on any atom is -0.428 e. The van der Waals surface area contributed by atoms with Crippen LogP contribution >= 0.6 is 0 Å². The topological polar surface area (TPSA) is 48.2 Å². The summed E-state index contributed by atoms with van der Waals surface area (Å²) >= 11 is 0. The van der Waals surface area contributed by atoms with E-state index in [1.165, 1.54) is 0 Å². The van der Waals surface area contributed by atoms with E-state index in [1.807, 2.05) is 0 Å². The first-order chi connectivity index (χ1) is 6.54. The molecule has 0 saturated heterocycles. The first kappa shape index (κ1) is 9.45. The van der Waals surface area contributed by atoms with Crippen LogP contribution in [-0.4, -0.2) is 22.7 Å². The standard InChI is InChI=1S/C7H7F3N2O2/c8-7(9,10)14-5-1-4(2-5)6-12-11-3-13-6/h3-5H,1-2H2. The van der Waals surface area contributed by atoms with E-state index < -0.39 is 12.5 Å². The Morgan fingerprint density at radius 2 is 2.14 bits per heavy atom. The van der Waals surface area contributed by atoms with Crippen molar-refractivity contribution in [3.8, 4) is 0 Å². The van der Waals surface area contributed by atoms with Gasteiger partial charge in [0.2, 0.25) is 12.3 Å². The van der Waals surface area contributed by atoms with Crippen molar-refractivity contribution in [2.45, 2.75) is 31.2 Å². The minimum atomic E-state index is -4.55. The highest BCUT2D eigenvalue weighted by atomic mass is 19.4. The maximum absolute atomic E-state index is 11.7. The molecule has 1 saturated carbocycles. The number of nitrogens with zero attached hydrogens (tertiary/aromatic N) is 2. The van der Waals surface area contributed by atoms with Gasteiger partial charge in [0.25, 0.3) is 0 Å². The summed E-state index contributed by atoms with van der Waals surface area (Å²) in [6.45, 7) is 0. The Bertz CT molecular complexity index is 292. The zero-order valence-electron chi connectivity index (χ0n) is 6.99. The molecule has 7 heteroatoms. The van der Waals surface area contributed by atoms with Gasteiger partial charge in [-0.3, -0.25) is 4.74 Å². The third-order valence-electron chi connectivity index (χ3n) is 2.12. The number of alkyl halides is 3. The predicted molar refractivity (Wildman–Crippen MR) is 37.2 cm³/mol. The van der Waals surface area contributed by atoms with E-state index in [2.05, 4.69) is 14.9 Å². The normalized spacial score (nSPS) is 27.4. The summed E-state index contributed by atoms with van der Waals surface area (Å²) in [5.74, 6) is 0.289. The Balaban J connectivity index is 1.80. The quantitative estimate of drug-likeness (QED) is 0.744. The lowest BCUT2D eigenvalue weighted by Gasteiger charge is -2.32. The zero-order valence-corrected chi connectivity index (χ0v) is 6.99. The molecule has 4 nitrogen and oxygen atoms in total. The molecule has 0 radical (unpaired) electrons. The Morgan fingerprint density at radius 3 is 2.64 bits per heavy atom. The first-order valence-corrected chi connectivity index (χ1v) is 4.05. The average molecular weight is 208 g/mol. The molecule has 0 atom stereocenters. The summed E-state index contributed by atoms with van der Waals surface area (Å²) in [7, 11) is 0. The lowest BCUT2D eigenvalue weighted by Crippen LogP contribution is -2.34. The van der Waals surface area contributed by atoms with Crippen molar-refractivity contribution >= 4 is 0 Å². The molecule has 0 N–H and O–H groups in total. The lowest BCUT2D eigenvalue weighted by atomic mass is 9.82. The molecule has 1 fully saturated rings. The van der Waals surface area contributed by atoms with Crippen molar-refractivity contribution in [3.63, 3.8) is 0 Å². The highest BCUT2D eigenvalue weighted by molar-refractivity contribution is 4.98. The van der Waals surface area contributed by atoms with Gasteiger partial charge in [0, 0.05) is 5.92 Å². The van der Waals surface area contributed by atoms with Crippen LogP contribution in [0.25, 0.3) is 0 Å². The van der Waals surface area contributed by atoms with Crippen molar-refractivity contribution in [1.29, 1.82) is 0 Å². The van der Waals surface area contributed by atoms with Gasteiger partial charge in [-0.25, -0.2) is 0 Å². The monoisotopic (exact) mass is 208 g/mol. The van der Waals surface area contributed by atoms with Crippen molar-refractivity contribution in [2.24, 2.45) is 0 Å². The van der Waals surface area contributed by atoms with Crippen molar-refractivity contribution in [3.05, 3.63) is 12.3 Å². The van der Waals surface area contributed by atoms with Gasteiger partial charge in [-0.2, -0.15) is 0 Å². The predicted octanol–water partition coefficient (Wildman–Crippen LogP) is 1.85. The van der Waals surface area contributed by atoms with Crippen LogP contribution in [0.5, 0.6) is 0 Å². The van der Waals surface area contributed by atoms with Gasteiger partial charge in [0.15, 0.2) is 0 Å². The Kier molecular flexibility index (Phi) is 2.18. The summed E-state index contributed by atoms with van der Waals surface area (Å²) in [6, 6.07) is 0. The summed E-state index contributed by atoms with van der Waals surface area (Å²) in [6.07, 6.45) is -3.60. The van der Waals surface area contributed by atoms with Crippen LogP contribution in [0.2, 0.25) is 0 Å². The number of hydrogen-bond donors (Lipinski definition) is 0. The molecule has 14 heavy (non-hydrogen) atoms. The van der Waals surface area contributed by atoms with E-state index in [9.17, 15) is 13.2 Å². The maximum atomic E-state index is 11.7. The van der Waals surface area contributed by atoms with E-state index in [4.69, 9.17) is 4.42 Å². The van der Waals surface area contributed by atoms with E-state index in [0.717, 1.165) is 6.39 Å². The zero-order chi connectivity index (χ0) is 10.2. The fourth-order valence-electron chi connectivity index (χ4n) is 1.41. The second-order valence-corrected chi connectivity index (χ2v) is 3.13. The Hall–Kier alpha value is -1.11. The largest absolute Gasteiger partial charge is 0.522 e. The summed E-state index contributed by atoms with van der Waals surface area (Å²) in [4.78, 5) is 0. The van der Waals surface area contributed by atoms with Crippen LogP contribution in [-0.2, 0) is 4.74 Å². The molecule has 1 aromatic heterocycles. The molecule has 1 heterocycles. The molecule has 78 valence electrons. The van der Waals surface area contributed by atoms with E-state index >= 15 is 0 Å². The van der Waals surface area contributed by atoms with Crippen LogP contribution in [0.15, 0.2) is 10.8 Å². The smallest absolute Gasteiger partial charge is 0.428 e. The molecule has 0 aliphatic heterocycles. The highest BCUT2D eigenvalue weighted by Gasteiger charge is 2.42. The van der Waals surface area contributed by atoms with Gasteiger partial charge in [0.1, 0.15) is 0 Å². The fourth-order valence-corrected chi connectivity index (χ4v) is 1.41. The molecular formula is C7H7F3N2O2. The fraction of sp³-hybridized carbons (Fsp3) is 0.714. The average Bonchev–Trinajstić information content (AvgIpc) is 2.45. The first-order valence-electron chi connectivity index (χ1n) is 4.05. The van der Waals surface area contributed by atoms with Gasteiger partial charge in [0.05, 0.1) is 6.10 Å². The summed E-state index contributed by atoms with van der Waals surface area (Å²) in [5, 5.41) is 7.06. The number of ether oxygens (including phenoxy) is 1. The van der Waals surface area contributed by atoms with Gasteiger partial charge < -0.3 is 4.42 Å². The molecule has 0 unspecified atom stereocenters. The number of rotatable bonds is 2. The SMILES string of the molecule is FC(F)(F)OC1CC(c2nnco2)C1. The molecule has 0 spiro atoms. The van der Waals surface area contributed by atoms with Crippen molar-refractivity contribution in [1.82, 2.24) is 10.2 Å². The van der Waals surface area contributed by atoms with Gasteiger partial charge in [-0.05, 0) is 12.8 Å². The third kappa shape index (κ3) is 2.03. The van der Waals surface area contributed by atoms with Crippen LogP contribution in [0.4, 0.5) is 13.2 Å². The molecule has 2 rings (SSSR count). The van der Waals surface area contributed by atoms with Crippen LogP contribution < -0.4 is 0 Å². The van der Waals surface area contributed by atoms with E-state index in [1.54, 1.807) is 0 Å². The molecule has 1 aromatic rings. The van der Waals surface area contributed by atoms with E-state index in [0.29, 0.717) is 5.89 Å². The van der Waals surface area contributed by atoms with Gasteiger partial charge >= 0.3 is 6.36 Å². The van der Waals surface area contributed by atoms with Crippen LogP contribution in [0.3, 0.4) is 0 Å². The molecule has 0 amide bonds.